The number of carbonyl (C=O) groups is 1. The molecule has 0 aliphatic rings. The van der Waals surface area contributed by atoms with Crippen molar-refractivity contribution in [3.05, 3.63) is 0 Å². The summed E-state index contributed by atoms with van der Waals surface area (Å²) in [6.07, 6.45) is 6.29. The van der Waals surface area contributed by atoms with Crippen molar-refractivity contribution in [2.45, 2.75) is 57.9 Å². The molecule has 4 heteroatoms. The number of nitrogens with one attached hydrogen (secondary N) is 1. The molecule has 0 saturated carbocycles. The molecule has 0 aromatic rings. The highest BCUT2D eigenvalue weighted by Crippen LogP contribution is 1.99. The minimum absolute atomic E-state index is 0.000566. The third-order valence-corrected chi connectivity index (χ3v) is 2.51. The largest absolute Gasteiger partial charge is 0.396 e. The fraction of sp³-hybridized carbons (Fsp3) is 0.917. The lowest BCUT2D eigenvalue weighted by atomic mass is 10.1. The van der Waals surface area contributed by atoms with Crippen molar-refractivity contribution < 1.29 is 9.90 Å². The number of carbonyl (C=O) groups excluding carboxylic acids is 1. The zero-order valence-electron chi connectivity index (χ0n) is 10.4. The van der Waals surface area contributed by atoms with Gasteiger partial charge in [0, 0.05) is 25.6 Å². The molecule has 0 radical (unpaired) electrons. The van der Waals surface area contributed by atoms with E-state index >= 15 is 0 Å². The Balaban J connectivity index is 3.30. The van der Waals surface area contributed by atoms with E-state index in [-0.39, 0.29) is 18.6 Å². The first kappa shape index (κ1) is 15.4. The van der Waals surface area contributed by atoms with Crippen molar-refractivity contribution in [3.63, 3.8) is 0 Å². The Morgan fingerprint density at radius 2 is 2.00 bits per heavy atom. The van der Waals surface area contributed by atoms with Crippen LogP contribution in [0.15, 0.2) is 0 Å². The van der Waals surface area contributed by atoms with Crippen LogP contribution in [0.25, 0.3) is 0 Å². The zero-order valence-corrected chi connectivity index (χ0v) is 10.4. The Labute approximate surface area is 98.6 Å². The Kier molecular flexibility index (Phi) is 10.5. The maximum atomic E-state index is 11.4. The van der Waals surface area contributed by atoms with Gasteiger partial charge in [-0.05, 0) is 19.3 Å². The quantitative estimate of drug-likeness (QED) is 0.493. The first-order valence-electron chi connectivity index (χ1n) is 6.33. The van der Waals surface area contributed by atoms with Gasteiger partial charge < -0.3 is 16.2 Å². The van der Waals surface area contributed by atoms with Crippen LogP contribution in [0.2, 0.25) is 0 Å². The van der Waals surface area contributed by atoms with E-state index in [1.54, 1.807) is 0 Å². The van der Waals surface area contributed by atoms with Gasteiger partial charge in [-0.2, -0.15) is 0 Å². The molecule has 0 aliphatic carbocycles. The minimum atomic E-state index is -0.000566. The monoisotopic (exact) mass is 230 g/mol. The average Bonchev–Trinajstić information content (AvgIpc) is 2.23. The SMILES string of the molecule is CCCC(N)CC(=O)NCCCCCCO. The highest BCUT2D eigenvalue weighted by Gasteiger charge is 2.07. The molecular weight excluding hydrogens is 204 g/mol. The highest BCUT2D eigenvalue weighted by molar-refractivity contribution is 5.76. The number of rotatable bonds is 10. The first-order valence-corrected chi connectivity index (χ1v) is 6.33. The summed E-state index contributed by atoms with van der Waals surface area (Å²) < 4.78 is 0. The number of amides is 1. The standard InChI is InChI=1S/C12H26N2O2/c1-2-7-11(13)10-12(16)14-8-5-3-4-6-9-15/h11,15H,2-10,13H2,1H3,(H,14,16). The number of aliphatic hydroxyl groups excluding tert-OH is 1. The molecule has 4 N–H and O–H groups in total. The van der Waals surface area contributed by atoms with Gasteiger partial charge in [0.15, 0.2) is 0 Å². The van der Waals surface area contributed by atoms with Gasteiger partial charge in [0.2, 0.25) is 5.91 Å². The molecule has 96 valence electrons. The summed E-state index contributed by atoms with van der Waals surface area (Å²) >= 11 is 0. The minimum Gasteiger partial charge on any atom is -0.396 e. The van der Waals surface area contributed by atoms with E-state index in [2.05, 4.69) is 12.2 Å². The first-order chi connectivity index (χ1) is 7.70. The van der Waals surface area contributed by atoms with Crippen LogP contribution in [-0.4, -0.2) is 30.2 Å². The molecule has 0 spiro atoms. The van der Waals surface area contributed by atoms with Crippen LogP contribution >= 0.6 is 0 Å². The van der Waals surface area contributed by atoms with E-state index < -0.39 is 0 Å². The number of hydrogen-bond donors (Lipinski definition) is 3. The van der Waals surface area contributed by atoms with Gasteiger partial charge in [-0.25, -0.2) is 0 Å². The van der Waals surface area contributed by atoms with Gasteiger partial charge in [0.25, 0.3) is 0 Å². The lowest BCUT2D eigenvalue weighted by Crippen LogP contribution is -2.32. The summed E-state index contributed by atoms with van der Waals surface area (Å²) in [6.45, 7) is 3.06. The smallest absolute Gasteiger partial charge is 0.221 e. The van der Waals surface area contributed by atoms with E-state index in [4.69, 9.17) is 10.8 Å². The van der Waals surface area contributed by atoms with Gasteiger partial charge in [-0.3, -0.25) is 4.79 Å². The molecular formula is C12H26N2O2. The summed E-state index contributed by atoms with van der Waals surface area (Å²) in [6, 6.07) is -0.000566. The fourth-order valence-corrected chi connectivity index (χ4v) is 1.60. The van der Waals surface area contributed by atoms with E-state index in [1.165, 1.54) is 0 Å². The Morgan fingerprint density at radius 1 is 1.31 bits per heavy atom. The molecule has 0 bridgehead atoms. The van der Waals surface area contributed by atoms with Gasteiger partial charge in [-0.1, -0.05) is 26.2 Å². The third kappa shape index (κ3) is 9.93. The van der Waals surface area contributed by atoms with E-state index in [1.807, 2.05) is 0 Å². The van der Waals surface area contributed by atoms with Crippen LogP contribution in [0.3, 0.4) is 0 Å². The second-order valence-corrected chi connectivity index (χ2v) is 4.24. The molecule has 1 atom stereocenters. The van der Waals surface area contributed by atoms with Crippen LogP contribution in [0, 0.1) is 0 Å². The van der Waals surface area contributed by atoms with Crippen molar-refractivity contribution in [3.8, 4) is 0 Å². The number of unbranched alkanes of at least 4 members (excludes halogenated alkanes) is 3. The average molecular weight is 230 g/mol. The fourth-order valence-electron chi connectivity index (χ4n) is 1.60. The number of nitrogens with two attached hydrogens (primary N) is 1. The predicted molar refractivity (Wildman–Crippen MR) is 66.1 cm³/mol. The van der Waals surface area contributed by atoms with Gasteiger partial charge in [-0.15, -0.1) is 0 Å². The molecule has 0 aromatic heterocycles. The maximum Gasteiger partial charge on any atom is 0.221 e. The zero-order chi connectivity index (χ0) is 12.2. The number of aliphatic hydroxyl groups is 1. The van der Waals surface area contributed by atoms with Crippen LogP contribution < -0.4 is 11.1 Å². The van der Waals surface area contributed by atoms with Crippen LogP contribution in [0.5, 0.6) is 0 Å². The molecule has 0 aromatic carbocycles. The Hall–Kier alpha value is -0.610. The molecule has 1 unspecified atom stereocenters. The summed E-state index contributed by atoms with van der Waals surface area (Å²) in [7, 11) is 0. The topological polar surface area (TPSA) is 75.4 Å². The predicted octanol–water partition coefficient (Wildman–Crippen LogP) is 1.17. The van der Waals surface area contributed by atoms with Gasteiger partial charge in [0.05, 0.1) is 0 Å². The van der Waals surface area contributed by atoms with Crippen molar-refractivity contribution in [2.75, 3.05) is 13.2 Å². The maximum absolute atomic E-state index is 11.4. The van der Waals surface area contributed by atoms with E-state index in [9.17, 15) is 4.79 Å². The van der Waals surface area contributed by atoms with Gasteiger partial charge >= 0.3 is 0 Å². The Bertz CT molecular complexity index is 174. The molecule has 0 saturated heterocycles. The van der Waals surface area contributed by atoms with Crippen molar-refractivity contribution in [1.82, 2.24) is 5.32 Å². The molecule has 16 heavy (non-hydrogen) atoms. The molecule has 0 aliphatic heterocycles. The normalized spacial score (nSPS) is 12.4. The molecule has 0 fully saturated rings. The van der Waals surface area contributed by atoms with Crippen LogP contribution in [0.1, 0.15) is 51.9 Å². The molecule has 0 heterocycles. The summed E-state index contributed by atoms with van der Waals surface area (Å²) in [4.78, 5) is 11.4. The third-order valence-electron chi connectivity index (χ3n) is 2.51. The summed E-state index contributed by atoms with van der Waals surface area (Å²) in [5.41, 5.74) is 5.77. The lowest BCUT2D eigenvalue weighted by Gasteiger charge is -2.10. The van der Waals surface area contributed by atoms with Crippen LogP contribution in [-0.2, 0) is 4.79 Å². The lowest BCUT2D eigenvalue weighted by molar-refractivity contribution is -0.121. The molecule has 0 rings (SSSR count). The summed E-state index contributed by atoms with van der Waals surface area (Å²) in [5, 5.41) is 11.4. The van der Waals surface area contributed by atoms with E-state index in [0.717, 1.165) is 45.1 Å². The van der Waals surface area contributed by atoms with E-state index in [0.29, 0.717) is 6.42 Å². The highest BCUT2D eigenvalue weighted by atomic mass is 16.2. The number of hydrogen-bond acceptors (Lipinski definition) is 3. The van der Waals surface area contributed by atoms with Crippen molar-refractivity contribution in [2.24, 2.45) is 5.73 Å². The molecule has 4 nitrogen and oxygen atoms in total. The van der Waals surface area contributed by atoms with Crippen LogP contribution in [0.4, 0.5) is 0 Å². The van der Waals surface area contributed by atoms with Crippen molar-refractivity contribution >= 4 is 5.91 Å². The Morgan fingerprint density at radius 3 is 2.62 bits per heavy atom. The second kappa shape index (κ2) is 10.9. The van der Waals surface area contributed by atoms with Crippen molar-refractivity contribution in [1.29, 1.82) is 0 Å². The molecule has 1 amide bonds. The van der Waals surface area contributed by atoms with Gasteiger partial charge in [0.1, 0.15) is 0 Å². The summed E-state index contributed by atoms with van der Waals surface area (Å²) in [5.74, 6) is 0.0584. The second-order valence-electron chi connectivity index (χ2n) is 4.24.